The minimum absolute atomic E-state index is 0.132. The van der Waals surface area contributed by atoms with Gasteiger partial charge in [-0.25, -0.2) is 20.4 Å². The smallest absolute Gasteiger partial charge is 0.308 e. The van der Waals surface area contributed by atoms with E-state index in [4.69, 9.17) is 15.5 Å². The monoisotopic (exact) mass is 495 g/mol. The van der Waals surface area contributed by atoms with E-state index in [1.807, 2.05) is 72.8 Å². The third-order valence-electron chi connectivity index (χ3n) is 7.10. The van der Waals surface area contributed by atoms with Crippen LogP contribution < -0.4 is 20.9 Å². The summed E-state index contributed by atoms with van der Waals surface area (Å²) in [6, 6.07) is 17.7. The van der Waals surface area contributed by atoms with Gasteiger partial charge in [0.25, 0.3) is 0 Å². The van der Waals surface area contributed by atoms with E-state index >= 15 is 0 Å². The molecule has 0 spiro atoms. The Bertz CT molecular complexity index is 1470. The highest BCUT2D eigenvalue weighted by Gasteiger charge is 2.49. The summed E-state index contributed by atoms with van der Waals surface area (Å²) in [6.45, 7) is 5.27. The van der Waals surface area contributed by atoms with Crippen molar-refractivity contribution in [2.45, 2.75) is 50.8 Å². The highest BCUT2D eigenvalue weighted by atomic mass is 16.5. The third kappa shape index (κ3) is 4.13. The predicted octanol–water partition coefficient (Wildman–Crippen LogP) is 4.03. The van der Waals surface area contributed by atoms with Gasteiger partial charge in [-0.05, 0) is 50.5 Å². The van der Waals surface area contributed by atoms with Crippen molar-refractivity contribution in [2.75, 3.05) is 5.01 Å². The van der Waals surface area contributed by atoms with Crippen LogP contribution in [0.15, 0.2) is 71.5 Å². The van der Waals surface area contributed by atoms with Gasteiger partial charge < -0.3 is 15.6 Å². The quantitative estimate of drug-likeness (QED) is 0.370. The maximum absolute atomic E-state index is 11.8. The van der Waals surface area contributed by atoms with Crippen LogP contribution in [0.5, 0.6) is 5.75 Å². The van der Waals surface area contributed by atoms with Crippen LogP contribution in [0, 0.1) is 0 Å². The van der Waals surface area contributed by atoms with Gasteiger partial charge in [0.1, 0.15) is 11.6 Å². The van der Waals surface area contributed by atoms with E-state index in [2.05, 4.69) is 17.3 Å². The molecule has 0 amide bonds. The van der Waals surface area contributed by atoms with E-state index in [-0.39, 0.29) is 12.0 Å². The molecule has 1 aliphatic carbocycles. The van der Waals surface area contributed by atoms with Gasteiger partial charge in [-0.15, -0.1) is 0 Å². The molecule has 3 aliphatic rings. The summed E-state index contributed by atoms with van der Waals surface area (Å²) in [5, 5.41) is 12.2. The molecule has 1 aromatic heterocycles. The maximum atomic E-state index is 11.8. The summed E-state index contributed by atoms with van der Waals surface area (Å²) < 4.78 is 5.55. The zero-order valence-corrected chi connectivity index (χ0v) is 21.0. The van der Waals surface area contributed by atoms with Crippen LogP contribution in [-0.2, 0) is 10.3 Å². The van der Waals surface area contributed by atoms with Crippen LogP contribution in [0.4, 0.5) is 5.82 Å². The summed E-state index contributed by atoms with van der Waals surface area (Å²) in [4.78, 5) is 21.6. The van der Waals surface area contributed by atoms with Gasteiger partial charge in [-0.1, -0.05) is 42.5 Å². The lowest BCUT2D eigenvalue weighted by Crippen LogP contribution is -2.58. The molecule has 3 aromatic rings. The van der Waals surface area contributed by atoms with Crippen LogP contribution in [0.25, 0.3) is 22.4 Å². The first kappa shape index (κ1) is 23.5. The number of aromatic nitrogens is 1. The number of aliphatic hydroxyl groups is 1. The summed E-state index contributed by atoms with van der Waals surface area (Å²) in [5.74, 6) is 1.64. The first-order chi connectivity index (χ1) is 17.6. The Morgan fingerprint density at radius 3 is 2.59 bits per heavy atom. The van der Waals surface area contributed by atoms with E-state index in [9.17, 15) is 9.90 Å². The van der Waals surface area contributed by atoms with Crippen molar-refractivity contribution in [3.05, 3.63) is 77.6 Å². The molecule has 3 heterocycles. The molecular weight excluding hydrogens is 466 g/mol. The number of ether oxygens (including phenoxy) is 1. The summed E-state index contributed by atoms with van der Waals surface area (Å²) in [7, 11) is 0. The number of hydrogen-bond donors (Lipinski definition) is 3. The largest absolute Gasteiger partial charge is 0.426 e. The molecule has 1 unspecified atom stereocenters. The summed E-state index contributed by atoms with van der Waals surface area (Å²) >= 11 is 0. The van der Waals surface area contributed by atoms with Gasteiger partial charge in [-0.2, -0.15) is 0 Å². The molecule has 2 aromatic carbocycles. The van der Waals surface area contributed by atoms with Crippen molar-refractivity contribution >= 4 is 18.0 Å². The van der Waals surface area contributed by atoms with Gasteiger partial charge in [-0.3, -0.25) is 4.79 Å². The first-order valence-electron chi connectivity index (χ1n) is 12.4. The number of hydrazine groups is 1. The molecular formula is C29H29N5O3. The predicted molar refractivity (Wildman–Crippen MR) is 143 cm³/mol. The van der Waals surface area contributed by atoms with Gasteiger partial charge in [0.05, 0.1) is 11.3 Å². The van der Waals surface area contributed by atoms with Crippen molar-refractivity contribution < 1.29 is 14.6 Å². The number of para-hydroxylation sites is 1. The average Bonchev–Trinajstić information content (AvgIpc) is 3.23. The van der Waals surface area contributed by atoms with E-state index in [1.165, 1.54) is 6.92 Å². The third-order valence-corrected chi connectivity index (χ3v) is 7.10. The lowest BCUT2D eigenvalue weighted by atomic mass is 9.63. The van der Waals surface area contributed by atoms with Gasteiger partial charge >= 0.3 is 5.97 Å². The fourth-order valence-electron chi connectivity index (χ4n) is 5.63. The molecule has 0 radical (unpaired) electrons. The molecule has 4 N–H and O–H groups in total. The standard InChI is InChI=1S/C29H29N5O3/c1-17-12-25-31-14-20-13-23(22-6-4-5-7-24(22)37-18(2)35)26(32-27(20)34(25)33-17)19-8-10-21(11-9-19)29(30)15-28(3,36)16-29/h4-14,17,33,36H,15-16,30H2,1-3H3. The molecule has 1 saturated carbocycles. The Hall–Kier alpha value is -3.85. The number of esters is 1. The maximum Gasteiger partial charge on any atom is 0.308 e. The van der Waals surface area contributed by atoms with E-state index < -0.39 is 11.1 Å². The Morgan fingerprint density at radius 2 is 1.89 bits per heavy atom. The minimum Gasteiger partial charge on any atom is -0.426 e. The number of hydrogen-bond acceptors (Lipinski definition) is 8. The number of rotatable bonds is 4. The van der Waals surface area contributed by atoms with Gasteiger partial charge in [0, 0.05) is 47.0 Å². The molecule has 0 saturated heterocycles. The van der Waals surface area contributed by atoms with E-state index in [0.29, 0.717) is 18.6 Å². The molecule has 1 fully saturated rings. The SMILES string of the molecule is CC(=O)Oc1ccccc1-c1cc2c(nc1-c1ccc(C3(N)CC(C)(O)C3)cc1)N1NC(C)C=C1N=C2. The first-order valence-corrected chi connectivity index (χ1v) is 12.4. The zero-order valence-electron chi connectivity index (χ0n) is 21.0. The van der Waals surface area contributed by atoms with E-state index in [1.54, 1.807) is 6.07 Å². The summed E-state index contributed by atoms with van der Waals surface area (Å²) in [6.07, 6.45) is 4.90. The number of benzene rings is 2. The number of anilines is 1. The molecule has 8 nitrogen and oxygen atoms in total. The fourth-order valence-corrected chi connectivity index (χ4v) is 5.63. The summed E-state index contributed by atoms with van der Waals surface area (Å²) in [5.41, 5.74) is 13.8. The Labute approximate surface area is 215 Å². The molecule has 2 aliphatic heterocycles. The molecule has 188 valence electrons. The van der Waals surface area contributed by atoms with Crippen molar-refractivity contribution in [3.63, 3.8) is 0 Å². The Kier molecular flexibility index (Phi) is 5.31. The molecule has 1 atom stereocenters. The molecule has 37 heavy (non-hydrogen) atoms. The number of carbonyl (C=O) groups excluding carboxylic acids is 1. The van der Waals surface area contributed by atoms with Crippen molar-refractivity contribution in [3.8, 4) is 28.1 Å². The molecule has 6 rings (SSSR count). The van der Waals surface area contributed by atoms with Gasteiger partial charge in [0.15, 0.2) is 5.82 Å². The number of fused-ring (bicyclic) bond motifs is 3. The number of pyridine rings is 1. The fraction of sp³-hybridized carbons (Fsp3) is 0.276. The second-order valence-corrected chi connectivity index (χ2v) is 10.5. The van der Waals surface area contributed by atoms with Crippen LogP contribution in [0.3, 0.4) is 0 Å². The lowest BCUT2D eigenvalue weighted by Gasteiger charge is -2.49. The van der Waals surface area contributed by atoms with Gasteiger partial charge in [0.2, 0.25) is 0 Å². The highest BCUT2D eigenvalue weighted by Crippen LogP contribution is 2.47. The second-order valence-electron chi connectivity index (χ2n) is 10.5. The Morgan fingerprint density at radius 1 is 1.16 bits per heavy atom. The molecule has 8 heteroatoms. The zero-order chi connectivity index (χ0) is 25.9. The number of nitrogens with two attached hydrogens (primary N) is 1. The van der Waals surface area contributed by atoms with Crippen molar-refractivity contribution in [1.29, 1.82) is 0 Å². The average molecular weight is 496 g/mol. The number of nitrogens with one attached hydrogen (secondary N) is 1. The Balaban J connectivity index is 1.49. The number of nitrogens with zero attached hydrogens (tertiary/aromatic N) is 3. The minimum atomic E-state index is -0.728. The van der Waals surface area contributed by atoms with Crippen molar-refractivity contribution in [1.82, 2.24) is 10.4 Å². The topological polar surface area (TPSA) is 113 Å². The lowest BCUT2D eigenvalue weighted by molar-refractivity contribution is -0.131. The van der Waals surface area contributed by atoms with Crippen LogP contribution >= 0.6 is 0 Å². The number of aliphatic imine (C=N–C) groups is 1. The van der Waals surface area contributed by atoms with Crippen LogP contribution in [0.1, 0.15) is 44.7 Å². The second kappa shape index (κ2) is 8.34. The molecule has 0 bridgehead atoms. The normalized spacial score (nSPS) is 25.7. The number of carbonyl (C=O) groups is 1. The van der Waals surface area contributed by atoms with Crippen LogP contribution in [-0.4, -0.2) is 33.9 Å². The highest BCUT2D eigenvalue weighted by molar-refractivity contribution is 5.96. The van der Waals surface area contributed by atoms with E-state index in [0.717, 1.165) is 45.2 Å². The van der Waals surface area contributed by atoms with Crippen molar-refractivity contribution in [2.24, 2.45) is 10.7 Å². The van der Waals surface area contributed by atoms with Crippen LogP contribution in [0.2, 0.25) is 0 Å².